The molecule has 0 N–H and O–H groups in total. The van der Waals surface area contributed by atoms with Crippen molar-refractivity contribution in [3.05, 3.63) is 65.2 Å². The Hall–Kier alpha value is -2.24. The van der Waals surface area contributed by atoms with Gasteiger partial charge < -0.3 is 4.90 Å². The lowest BCUT2D eigenvalue weighted by molar-refractivity contribution is -0.136. The predicted octanol–water partition coefficient (Wildman–Crippen LogP) is 4.34. The molecule has 0 spiro atoms. The molecule has 1 aromatic heterocycles. The second kappa shape index (κ2) is 8.43. The minimum absolute atomic E-state index is 0.110. The Morgan fingerprint density at radius 3 is 2.35 bits per heavy atom. The van der Waals surface area contributed by atoms with Gasteiger partial charge in [-0.15, -0.1) is 11.3 Å². The third-order valence-corrected chi connectivity index (χ3v) is 5.63. The van der Waals surface area contributed by atoms with Gasteiger partial charge in [-0.1, -0.05) is 56.3 Å². The number of hydrogen-bond donors (Lipinski definition) is 0. The Labute approximate surface area is 159 Å². The molecule has 3 aromatic rings. The van der Waals surface area contributed by atoms with Crippen molar-refractivity contribution in [3.8, 4) is 0 Å². The van der Waals surface area contributed by atoms with Gasteiger partial charge in [-0.05, 0) is 30.8 Å². The molecule has 2 aromatic carbocycles. The highest BCUT2D eigenvalue weighted by molar-refractivity contribution is 7.18. The minimum Gasteiger partial charge on any atom is -0.337 e. The van der Waals surface area contributed by atoms with E-state index in [0.29, 0.717) is 6.54 Å². The standard InChI is InChI=1S/C21H25N3OS/c1-4-24(5-2)20(16-11-7-6-8-12-16)21(25)23(3)15-19-22-17-13-9-10-14-18(17)26-19/h6-14,20H,4-5,15H2,1-3H3. The quantitative estimate of drug-likeness (QED) is 0.623. The van der Waals surface area contributed by atoms with Crippen LogP contribution < -0.4 is 0 Å². The highest BCUT2D eigenvalue weighted by Gasteiger charge is 2.28. The van der Waals surface area contributed by atoms with Crippen LogP contribution in [0.2, 0.25) is 0 Å². The van der Waals surface area contributed by atoms with E-state index in [9.17, 15) is 4.79 Å². The van der Waals surface area contributed by atoms with E-state index in [2.05, 4.69) is 29.8 Å². The van der Waals surface area contributed by atoms with Crippen molar-refractivity contribution in [3.63, 3.8) is 0 Å². The van der Waals surface area contributed by atoms with E-state index < -0.39 is 0 Å². The largest absolute Gasteiger partial charge is 0.337 e. The Morgan fingerprint density at radius 2 is 1.69 bits per heavy atom. The zero-order valence-electron chi connectivity index (χ0n) is 15.6. The minimum atomic E-state index is -0.259. The molecule has 0 fully saturated rings. The molecule has 0 bridgehead atoms. The van der Waals surface area contributed by atoms with E-state index in [-0.39, 0.29) is 11.9 Å². The molecular weight excluding hydrogens is 342 g/mol. The number of para-hydroxylation sites is 1. The molecular formula is C21H25N3OS. The summed E-state index contributed by atoms with van der Waals surface area (Å²) >= 11 is 1.65. The zero-order chi connectivity index (χ0) is 18.5. The summed E-state index contributed by atoms with van der Waals surface area (Å²) in [5, 5.41) is 0.966. The van der Waals surface area contributed by atoms with Crippen molar-refractivity contribution in [1.82, 2.24) is 14.8 Å². The predicted molar refractivity (Wildman–Crippen MR) is 108 cm³/mol. The van der Waals surface area contributed by atoms with E-state index in [0.717, 1.165) is 33.9 Å². The van der Waals surface area contributed by atoms with Gasteiger partial charge in [0.2, 0.25) is 5.91 Å². The fourth-order valence-electron chi connectivity index (χ4n) is 3.21. The first-order valence-electron chi connectivity index (χ1n) is 9.02. The van der Waals surface area contributed by atoms with Crippen LogP contribution in [-0.2, 0) is 11.3 Å². The molecule has 0 saturated carbocycles. The van der Waals surface area contributed by atoms with Crippen molar-refractivity contribution in [1.29, 1.82) is 0 Å². The van der Waals surface area contributed by atoms with Gasteiger partial charge >= 0.3 is 0 Å². The molecule has 0 radical (unpaired) electrons. The van der Waals surface area contributed by atoms with Crippen LogP contribution >= 0.6 is 11.3 Å². The van der Waals surface area contributed by atoms with Gasteiger partial charge in [-0.3, -0.25) is 9.69 Å². The zero-order valence-corrected chi connectivity index (χ0v) is 16.4. The Morgan fingerprint density at radius 1 is 1.04 bits per heavy atom. The molecule has 3 rings (SSSR count). The highest BCUT2D eigenvalue weighted by Crippen LogP contribution is 2.26. The van der Waals surface area contributed by atoms with Crippen molar-refractivity contribution in [2.45, 2.75) is 26.4 Å². The molecule has 0 aliphatic heterocycles. The molecule has 136 valence electrons. The summed E-state index contributed by atoms with van der Waals surface area (Å²) in [6.07, 6.45) is 0. The Bertz CT molecular complexity index is 825. The van der Waals surface area contributed by atoms with E-state index in [1.165, 1.54) is 0 Å². The lowest BCUT2D eigenvalue weighted by Gasteiger charge is -2.32. The monoisotopic (exact) mass is 367 g/mol. The van der Waals surface area contributed by atoms with Crippen LogP contribution in [0.3, 0.4) is 0 Å². The highest BCUT2D eigenvalue weighted by atomic mass is 32.1. The van der Waals surface area contributed by atoms with Gasteiger partial charge in [0, 0.05) is 7.05 Å². The third-order valence-electron chi connectivity index (χ3n) is 4.61. The van der Waals surface area contributed by atoms with Crippen molar-refractivity contribution in [2.75, 3.05) is 20.1 Å². The van der Waals surface area contributed by atoms with E-state index in [4.69, 9.17) is 0 Å². The van der Waals surface area contributed by atoms with Crippen LogP contribution in [0.25, 0.3) is 10.2 Å². The second-order valence-electron chi connectivity index (χ2n) is 6.30. The average Bonchev–Trinajstić information content (AvgIpc) is 3.08. The van der Waals surface area contributed by atoms with Crippen LogP contribution in [0.4, 0.5) is 0 Å². The number of thiazole rings is 1. The van der Waals surface area contributed by atoms with Gasteiger partial charge in [0.15, 0.2) is 0 Å². The maximum atomic E-state index is 13.3. The topological polar surface area (TPSA) is 36.4 Å². The van der Waals surface area contributed by atoms with Crippen LogP contribution in [0.1, 0.15) is 30.5 Å². The van der Waals surface area contributed by atoms with Gasteiger partial charge in [-0.25, -0.2) is 4.98 Å². The third kappa shape index (κ3) is 3.94. The molecule has 1 heterocycles. The molecule has 4 nitrogen and oxygen atoms in total. The molecule has 26 heavy (non-hydrogen) atoms. The maximum absolute atomic E-state index is 13.3. The normalized spacial score (nSPS) is 12.5. The number of rotatable bonds is 7. The Kier molecular flexibility index (Phi) is 6.01. The van der Waals surface area contributed by atoms with Crippen molar-refractivity contribution < 1.29 is 4.79 Å². The van der Waals surface area contributed by atoms with E-state index in [1.54, 1.807) is 16.2 Å². The lowest BCUT2D eigenvalue weighted by atomic mass is 10.0. The van der Waals surface area contributed by atoms with Crippen LogP contribution in [0, 0.1) is 0 Å². The number of aromatic nitrogens is 1. The molecule has 0 aliphatic carbocycles. The first-order valence-corrected chi connectivity index (χ1v) is 9.84. The molecule has 1 amide bonds. The first-order chi connectivity index (χ1) is 12.6. The summed E-state index contributed by atoms with van der Waals surface area (Å²) in [6.45, 7) is 6.39. The molecule has 1 unspecified atom stereocenters. The summed E-state index contributed by atoms with van der Waals surface area (Å²) in [7, 11) is 1.87. The van der Waals surface area contributed by atoms with Crippen molar-refractivity contribution in [2.24, 2.45) is 0 Å². The fourth-order valence-corrected chi connectivity index (χ4v) is 4.23. The Balaban J connectivity index is 1.83. The number of nitrogens with zero attached hydrogens (tertiary/aromatic N) is 3. The number of carbonyl (C=O) groups is 1. The number of amides is 1. The average molecular weight is 368 g/mol. The summed E-state index contributed by atoms with van der Waals surface area (Å²) in [5.74, 6) is 0.110. The fraction of sp³-hybridized carbons (Fsp3) is 0.333. The van der Waals surface area contributed by atoms with Gasteiger partial charge in [-0.2, -0.15) is 0 Å². The lowest BCUT2D eigenvalue weighted by Crippen LogP contribution is -2.41. The molecule has 1 atom stereocenters. The van der Waals surface area contributed by atoms with Gasteiger partial charge in [0.25, 0.3) is 0 Å². The number of likely N-dealkylation sites (N-methyl/N-ethyl adjacent to an activating group) is 2. The number of carbonyl (C=O) groups excluding carboxylic acids is 1. The van der Waals surface area contributed by atoms with Crippen LogP contribution in [0.15, 0.2) is 54.6 Å². The van der Waals surface area contributed by atoms with E-state index in [1.807, 2.05) is 55.6 Å². The molecule has 5 heteroatoms. The molecule has 0 saturated heterocycles. The summed E-state index contributed by atoms with van der Waals surface area (Å²) in [4.78, 5) is 21.9. The first kappa shape index (κ1) is 18.5. The number of fused-ring (bicyclic) bond motifs is 1. The van der Waals surface area contributed by atoms with Crippen molar-refractivity contribution >= 4 is 27.5 Å². The summed E-state index contributed by atoms with van der Waals surface area (Å²) in [6, 6.07) is 17.9. The SMILES string of the molecule is CCN(CC)C(C(=O)N(C)Cc1nc2ccccc2s1)c1ccccc1. The smallest absolute Gasteiger partial charge is 0.244 e. The maximum Gasteiger partial charge on any atom is 0.244 e. The molecule has 0 aliphatic rings. The second-order valence-corrected chi connectivity index (χ2v) is 7.42. The van der Waals surface area contributed by atoms with E-state index >= 15 is 0 Å². The summed E-state index contributed by atoms with van der Waals surface area (Å²) in [5.41, 5.74) is 2.04. The van der Waals surface area contributed by atoms with Crippen LogP contribution in [-0.4, -0.2) is 40.8 Å². The summed E-state index contributed by atoms with van der Waals surface area (Å²) < 4.78 is 1.16. The van der Waals surface area contributed by atoms with Gasteiger partial charge in [0.05, 0.1) is 16.8 Å². The number of benzene rings is 2. The van der Waals surface area contributed by atoms with Crippen LogP contribution in [0.5, 0.6) is 0 Å². The number of hydrogen-bond acceptors (Lipinski definition) is 4. The van der Waals surface area contributed by atoms with Gasteiger partial charge in [0.1, 0.15) is 11.0 Å².